The number of benzene rings is 1. The maximum Gasteiger partial charge on any atom is 0.423 e. The molecular formula is C18H19F4N3O2. The Labute approximate surface area is 153 Å². The molecule has 27 heavy (non-hydrogen) atoms. The van der Waals surface area contributed by atoms with Crippen LogP contribution >= 0.6 is 0 Å². The van der Waals surface area contributed by atoms with Crippen molar-refractivity contribution in [3.05, 3.63) is 53.5 Å². The summed E-state index contributed by atoms with van der Waals surface area (Å²) in [5.41, 5.74) is 0.304. The molecule has 146 valence electrons. The highest BCUT2D eigenvalue weighted by Gasteiger charge is 2.40. The van der Waals surface area contributed by atoms with Crippen LogP contribution in [-0.2, 0) is 11.8 Å². The van der Waals surface area contributed by atoms with Gasteiger partial charge in [0, 0.05) is 6.20 Å². The molecular weight excluding hydrogens is 366 g/mol. The van der Waals surface area contributed by atoms with Crippen LogP contribution in [0.1, 0.15) is 36.8 Å². The lowest BCUT2D eigenvalue weighted by Crippen LogP contribution is -2.35. The lowest BCUT2D eigenvalue weighted by atomic mass is 9.78. The Bertz CT molecular complexity index is 788. The van der Waals surface area contributed by atoms with Crippen LogP contribution in [0.5, 0.6) is 5.75 Å². The maximum absolute atomic E-state index is 13.3. The number of rotatable bonds is 4. The van der Waals surface area contributed by atoms with Gasteiger partial charge in [0.25, 0.3) is 0 Å². The molecule has 0 bridgehead atoms. The Morgan fingerprint density at radius 3 is 2.33 bits per heavy atom. The van der Waals surface area contributed by atoms with E-state index in [9.17, 15) is 22.7 Å². The number of hydrogen-bond donors (Lipinski definition) is 3. The van der Waals surface area contributed by atoms with Gasteiger partial charge < -0.3 is 15.3 Å². The number of nitrogen functional groups attached to an aromatic ring is 1. The second-order valence-corrected chi connectivity index (χ2v) is 6.53. The van der Waals surface area contributed by atoms with Gasteiger partial charge in [0.05, 0.1) is 11.7 Å². The maximum atomic E-state index is 13.3. The quantitative estimate of drug-likeness (QED) is 0.425. The Morgan fingerprint density at radius 1 is 1.15 bits per heavy atom. The zero-order chi connectivity index (χ0) is 19.7. The highest BCUT2D eigenvalue weighted by molar-refractivity contribution is 5.52. The van der Waals surface area contributed by atoms with Gasteiger partial charge in [0.2, 0.25) is 0 Å². The Morgan fingerprint density at radius 2 is 1.78 bits per heavy atom. The van der Waals surface area contributed by atoms with E-state index >= 15 is 0 Å². The van der Waals surface area contributed by atoms with Crippen LogP contribution in [0.15, 0.2) is 36.5 Å². The molecule has 1 aliphatic rings. The number of hydrogen-bond acceptors (Lipinski definition) is 5. The third-order valence-electron chi connectivity index (χ3n) is 4.77. The first-order chi connectivity index (χ1) is 12.7. The number of anilines is 1. The van der Waals surface area contributed by atoms with Gasteiger partial charge in [-0.1, -0.05) is 12.1 Å². The number of nitrogens with zero attached hydrogens (tertiary/aromatic N) is 1. The second-order valence-electron chi connectivity index (χ2n) is 6.53. The molecule has 0 spiro atoms. The molecule has 1 fully saturated rings. The minimum absolute atomic E-state index is 0.289. The summed E-state index contributed by atoms with van der Waals surface area (Å²) in [5.74, 6) is 3.86. The lowest BCUT2D eigenvalue weighted by molar-refractivity contribution is -0.139. The third-order valence-corrected chi connectivity index (χ3v) is 4.77. The van der Waals surface area contributed by atoms with Gasteiger partial charge >= 0.3 is 6.18 Å². The fraction of sp³-hybridized carbons (Fsp3) is 0.389. The molecule has 0 amide bonds. The van der Waals surface area contributed by atoms with Gasteiger partial charge in [-0.15, -0.1) is 0 Å². The number of aliphatic hydroxyl groups is 1. The van der Waals surface area contributed by atoms with E-state index in [1.807, 2.05) is 5.43 Å². The zero-order valence-corrected chi connectivity index (χ0v) is 14.3. The molecule has 1 aromatic carbocycles. The van der Waals surface area contributed by atoms with Crippen LogP contribution in [0.4, 0.5) is 23.4 Å². The lowest BCUT2D eigenvalue weighted by Gasteiger charge is -2.36. The molecule has 5 nitrogen and oxygen atoms in total. The highest BCUT2D eigenvalue weighted by atomic mass is 19.4. The SMILES string of the molecule is NNc1nccc(O[C@H]2CC[C@](O)(c3ccc(F)cc3)CC2)c1C(F)(F)F. The highest BCUT2D eigenvalue weighted by Crippen LogP contribution is 2.43. The van der Waals surface area contributed by atoms with Crippen molar-refractivity contribution in [2.75, 3.05) is 5.43 Å². The van der Waals surface area contributed by atoms with Gasteiger partial charge in [0.15, 0.2) is 5.82 Å². The van der Waals surface area contributed by atoms with Gasteiger partial charge in [-0.2, -0.15) is 13.2 Å². The predicted molar refractivity (Wildman–Crippen MR) is 90.2 cm³/mol. The van der Waals surface area contributed by atoms with Crippen molar-refractivity contribution in [2.24, 2.45) is 5.84 Å². The summed E-state index contributed by atoms with van der Waals surface area (Å²) in [6.07, 6.45) is -2.74. The molecule has 0 aliphatic heterocycles. The fourth-order valence-electron chi connectivity index (χ4n) is 3.34. The first kappa shape index (κ1) is 19.4. The van der Waals surface area contributed by atoms with Crippen molar-refractivity contribution in [2.45, 2.75) is 43.6 Å². The van der Waals surface area contributed by atoms with Crippen LogP contribution in [0, 0.1) is 5.82 Å². The van der Waals surface area contributed by atoms with Crippen molar-refractivity contribution < 1.29 is 27.4 Å². The molecule has 3 rings (SSSR count). The van der Waals surface area contributed by atoms with Crippen molar-refractivity contribution >= 4 is 5.82 Å². The van der Waals surface area contributed by atoms with E-state index < -0.39 is 35.1 Å². The van der Waals surface area contributed by atoms with Gasteiger partial charge in [-0.3, -0.25) is 0 Å². The molecule has 0 atom stereocenters. The van der Waals surface area contributed by atoms with E-state index in [0.717, 1.165) is 6.07 Å². The van der Waals surface area contributed by atoms with Crippen LogP contribution in [0.2, 0.25) is 0 Å². The van der Waals surface area contributed by atoms with E-state index in [-0.39, 0.29) is 18.6 Å². The van der Waals surface area contributed by atoms with Gasteiger partial charge in [0.1, 0.15) is 17.1 Å². The van der Waals surface area contributed by atoms with Crippen molar-refractivity contribution in [3.63, 3.8) is 0 Å². The van der Waals surface area contributed by atoms with Crippen LogP contribution < -0.4 is 16.0 Å². The van der Waals surface area contributed by atoms with E-state index in [4.69, 9.17) is 10.6 Å². The van der Waals surface area contributed by atoms with E-state index in [2.05, 4.69) is 4.98 Å². The topological polar surface area (TPSA) is 80.4 Å². The van der Waals surface area contributed by atoms with Crippen molar-refractivity contribution in [3.8, 4) is 5.75 Å². The number of alkyl halides is 3. The normalized spacial score (nSPS) is 23.1. The summed E-state index contributed by atoms with van der Waals surface area (Å²) >= 11 is 0. The smallest absolute Gasteiger partial charge is 0.423 e. The van der Waals surface area contributed by atoms with Crippen molar-refractivity contribution in [1.29, 1.82) is 0 Å². The average molecular weight is 385 g/mol. The third kappa shape index (κ3) is 4.14. The minimum Gasteiger partial charge on any atom is -0.490 e. The molecule has 9 heteroatoms. The molecule has 1 heterocycles. The second kappa shape index (κ2) is 7.32. The standard InChI is InChI=1S/C18H19F4N3O2/c19-12-3-1-11(2-4-12)17(26)8-5-13(6-9-17)27-14-7-10-24-16(25-23)15(14)18(20,21)22/h1-4,7,10,13,26H,5-6,8-9,23H2,(H,24,25)/t13-,17+. The summed E-state index contributed by atoms with van der Waals surface area (Å²) in [4.78, 5) is 3.58. The molecule has 4 N–H and O–H groups in total. The first-order valence-corrected chi connectivity index (χ1v) is 8.41. The minimum atomic E-state index is -4.69. The van der Waals surface area contributed by atoms with Gasteiger partial charge in [-0.05, 0) is 49.4 Å². The van der Waals surface area contributed by atoms with Crippen LogP contribution in [-0.4, -0.2) is 16.2 Å². The summed E-state index contributed by atoms with van der Waals surface area (Å²) in [6.45, 7) is 0. The molecule has 1 aliphatic carbocycles. The summed E-state index contributed by atoms with van der Waals surface area (Å²) in [7, 11) is 0. The number of pyridine rings is 1. The Hall–Kier alpha value is -2.39. The average Bonchev–Trinajstić information content (AvgIpc) is 2.63. The monoisotopic (exact) mass is 385 g/mol. The number of nitrogens with one attached hydrogen (secondary N) is 1. The largest absolute Gasteiger partial charge is 0.490 e. The number of hydrazine groups is 1. The molecule has 1 saturated carbocycles. The van der Waals surface area contributed by atoms with Crippen LogP contribution in [0.25, 0.3) is 0 Å². The Kier molecular flexibility index (Phi) is 5.25. The molecule has 1 aromatic heterocycles. The number of nitrogens with two attached hydrogens (primary N) is 1. The summed E-state index contributed by atoms with van der Waals surface area (Å²) in [6, 6.07) is 6.71. The number of halogens is 4. The molecule has 2 aromatic rings. The zero-order valence-electron chi connectivity index (χ0n) is 14.3. The first-order valence-electron chi connectivity index (χ1n) is 8.41. The van der Waals surface area contributed by atoms with Gasteiger partial charge in [-0.25, -0.2) is 15.2 Å². The van der Waals surface area contributed by atoms with Crippen molar-refractivity contribution in [1.82, 2.24) is 4.98 Å². The summed E-state index contributed by atoms with van der Waals surface area (Å²) in [5, 5.41) is 10.8. The van der Waals surface area contributed by atoms with Crippen LogP contribution in [0.3, 0.4) is 0 Å². The van der Waals surface area contributed by atoms with E-state index in [1.54, 1.807) is 0 Å². The molecule has 0 unspecified atom stereocenters. The van der Waals surface area contributed by atoms with E-state index in [1.165, 1.54) is 30.5 Å². The number of aromatic nitrogens is 1. The predicted octanol–water partition coefficient (Wildman–Crippen LogP) is 3.73. The molecule has 0 saturated heterocycles. The van der Waals surface area contributed by atoms with E-state index in [0.29, 0.717) is 18.4 Å². The summed E-state index contributed by atoms with van der Waals surface area (Å²) < 4.78 is 58.7. The Balaban J connectivity index is 1.74. The number of ether oxygens (including phenoxy) is 1. The fourth-order valence-corrected chi connectivity index (χ4v) is 3.34. The molecule has 0 radical (unpaired) electrons.